The summed E-state index contributed by atoms with van der Waals surface area (Å²) in [5.74, 6) is 0. The Hall–Kier alpha value is -0.930. The second kappa shape index (κ2) is 6.30. The summed E-state index contributed by atoms with van der Waals surface area (Å²) in [5, 5.41) is 3.56. The van der Waals surface area contributed by atoms with Crippen LogP contribution >= 0.6 is 27.7 Å². The Morgan fingerprint density at radius 2 is 1.72 bits per heavy atom. The summed E-state index contributed by atoms with van der Waals surface area (Å²) < 4.78 is 1.11. The van der Waals surface area contributed by atoms with Crippen LogP contribution in [0.2, 0.25) is 0 Å². The van der Waals surface area contributed by atoms with Gasteiger partial charge >= 0.3 is 0 Å². The normalized spacial score (nSPS) is 12.2. The Morgan fingerprint density at radius 1 is 1.06 bits per heavy atom. The van der Waals surface area contributed by atoms with Crippen LogP contribution in [0.4, 0.5) is 5.69 Å². The van der Waals surface area contributed by atoms with Gasteiger partial charge in [0, 0.05) is 21.1 Å². The van der Waals surface area contributed by atoms with Gasteiger partial charge in [-0.15, -0.1) is 11.8 Å². The van der Waals surface area contributed by atoms with Gasteiger partial charge in [0.15, 0.2) is 0 Å². The first-order valence-electron chi connectivity index (χ1n) is 5.85. The Labute approximate surface area is 121 Å². The molecule has 1 unspecified atom stereocenters. The summed E-state index contributed by atoms with van der Waals surface area (Å²) in [6.45, 7) is 2.18. The fraction of sp³-hybridized carbons (Fsp3) is 0.200. The van der Waals surface area contributed by atoms with E-state index in [1.165, 1.54) is 16.1 Å². The number of rotatable bonds is 4. The Balaban J connectivity index is 2.15. The van der Waals surface area contributed by atoms with E-state index in [0.717, 1.165) is 4.47 Å². The van der Waals surface area contributed by atoms with Crippen LogP contribution in [0.3, 0.4) is 0 Å². The number of hydrogen-bond donors (Lipinski definition) is 1. The second-order valence-electron chi connectivity index (χ2n) is 4.12. The van der Waals surface area contributed by atoms with Crippen molar-refractivity contribution >= 4 is 33.4 Å². The molecule has 18 heavy (non-hydrogen) atoms. The maximum absolute atomic E-state index is 3.56. The van der Waals surface area contributed by atoms with Crippen molar-refractivity contribution in [1.82, 2.24) is 0 Å². The Morgan fingerprint density at radius 3 is 2.39 bits per heavy atom. The van der Waals surface area contributed by atoms with Crippen LogP contribution in [0.25, 0.3) is 0 Å². The van der Waals surface area contributed by atoms with Gasteiger partial charge in [-0.05, 0) is 43.0 Å². The minimum absolute atomic E-state index is 0.298. The average Bonchev–Trinajstić information content (AvgIpc) is 2.40. The average molecular weight is 322 g/mol. The molecule has 0 amide bonds. The summed E-state index contributed by atoms with van der Waals surface area (Å²) in [4.78, 5) is 1.28. The summed E-state index contributed by atoms with van der Waals surface area (Å²) in [6, 6.07) is 17.1. The highest BCUT2D eigenvalue weighted by Crippen LogP contribution is 2.28. The first-order valence-corrected chi connectivity index (χ1v) is 7.87. The van der Waals surface area contributed by atoms with E-state index in [1.54, 1.807) is 11.8 Å². The van der Waals surface area contributed by atoms with Crippen LogP contribution in [0, 0.1) is 0 Å². The van der Waals surface area contributed by atoms with Gasteiger partial charge in [0.2, 0.25) is 0 Å². The van der Waals surface area contributed by atoms with Crippen molar-refractivity contribution in [2.24, 2.45) is 0 Å². The molecule has 0 aliphatic heterocycles. The highest BCUT2D eigenvalue weighted by molar-refractivity contribution is 9.10. The van der Waals surface area contributed by atoms with E-state index in [-0.39, 0.29) is 0 Å². The van der Waals surface area contributed by atoms with Crippen molar-refractivity contribution in [2.75, 3.05) is 11.6 Å². The first kappa shape index (κ1) is 13.5. The fourth-order valence-corrected chi connectivity index (χ4v) is 2.66. The third-order valence-corrected chi connectivity index (χ3v) is 4.17. The lowest BCUT2D eigenvalue weighted by Gasteiger charge is -2.17. The highest BCUT2D eigenvalue weighted by Gasteiger charge is 2.07. The van der Waals surface area contributed by atoms with E-state index in [1.807, 2.05) is 0 Å². The van der Waals surface area contributed by atoms with Gasteiger partial charge in [-0.3, -0.25) is 0 Å². The van der Waals surface area contributed by atoms with E-state index in [9.17, 15) is 0 Å². The van der Waals surface area contributed by atoms with Crippen molar-refractivity contribution in [1.29, 1.82) is 0 Å². The molecule has 0 aliphatic rings. The number of benzene rings is 2. The molecule has 94 valence electrons. The van der Waals surface area contributed by atoms with Crippen LogP contribution < -0.4 is 5.32 Å². The lowest BCUT2D eigenvalue weighted by molar-refractivity contribution is 0.879. The monoisotopic (exact) mass is 321 g/mol. The second-order valence-corrected chi connectivity index (χ2v) is 5.88. The molecule has 2 aromatic rings. The van der Waals surface area contributed by atoms with Crippen molar-refractivity contribution in [3.8, 4) is 0 Å². The molecule has 1 N–H and O–H groups in total. The van der Waals surface area contributed by atoms with Gasteiger partial charge in [-0.1, -0.05) is 40.2 Å². The Kier molecular flexibility index (Phi) is 4.72. The predicted molar refractivity (Wildman–Crippen MR) is 84.4 cm³/mol. The molecule has 1 atom stereocenters. The topological polar surface area (TPSA) is 12.0 Å². The van der Waals surface area contributed by atoms with Crippen LogP contribution in [0.5, 0.6) is 0 Å². The van der Waals surface area contributed by atoms with Crippen molar-refractivity contribution in [3.63, 3.8) is 0 Å². The number of nitrogens with one attached hydrogen (secondary N) is 1. The number of anilines is 1. The quantitative estimate of drug-likeness (QED) is 0.762. The smallest absolute Gasteiger partial charge is 0.0486 e. The first-order chi connectivity index (χ1) is 8.70. The zero-order valence-corrected chi connectivity index (χ0v) is 12.9. The van der Waals surface area contributed by atoms with E-state index in [4.69, 9.17) is 0 Å². The van der Waals surface area contributed by atoms with E-state index in [0.29, 0.717) is 6.04 Å². The number of thioether (sulfide) groups is 1. The molecule has 3 heteroatoms. The summed E-state index contributed by atoms with van der Waals surface area (Å²) in [7, 11) is 0. The van der Waals surface area contributed by atoms with Gasteiger partial charge in [0.1, 0.15) is 0 Å². The minimum atomic E-state index is 0.298. The standard InChI is InChI=1S/C15H16BrNS/c1-11(12-7-9-13(16)10-8-12)17-14-5-3-4-6-15(14)18-2/h3-11,17H,1-2H3. The zero-order valence-electron chi connectivity index (χ0n) is 10.5. The van der Waals surface area contributed by atoms with Crippen LogP contribution in [-0.2, 0) is 0 Å². The molecule has 0 radical (unpaired) electrons. The maximum atomic E-state index is 3.56. The van der Waals surface area contributed by atoms with Gasteiger partial charge in [-0.25, -0.2) is 0 Å². The van der Waals surface area contributed by atoms with E-state index < -0.39 is 0 Å². The van der Waals surface area contributed by atoms with E-state index in [2.05, 4.69) is 83.0 Å². The number of halogens is 1. The molecule has 0 saturated heterocycles. The van der Waals surface area contributed by atoms with Crippen molar-refractivity contribution < 1.29 is 0 Å². The van der Waals surface area contributed by atoms with E-state index >= 15 is 0 Å². The summed E-state index contributed by atoms with van der Waals surface area (Å²) >= 11 is 5.23. The molecule has 0 saturated carbocycles. The maximum Gasteiger partial charge on any atom is 0.0486 e. The molecule has 0 aliphatic carbocycles. The molecule has 2 aromatic carbocycles. The van der Waals surface area contributed by atoms with Gasteiger partial charge in [0.05, 0.1) is 0 Å². The van der Waals surface area contributed by atoms with Crippen LogP contribution in [-0.4, -0.2) is 6.26 Å². The molecular formula is C15H16BrNS. The summed E-state index contributed by atoms with van der Waals surface area (Å²) in [5.41, 5.74) is 2.48. The molecule has 0 heterocycles. The Bertz CT molecular complexity index is 510. The molecule has 1 nitrogen and oxygen atoms in total. The lowest BCUT2D eigenvalue weighted by Crippen LogP contribution is -2.07. The van der Waals surface area contributed by atoms with Crippen molar-refractivity contribution in [2.45, 2.75) is 17.9 Å². The molecule has 2 rings (SSSR count). The van der Waals surface area contributed by atoms with Gasteiger partial charge in [0.25, 0.3) is 0 Å². The van der Waals surface area contributed by atoms with Crippen molar-refractivity contribution in [3.05, 3.63) is 58.6 Å². The largest absolute Gasteiger partial charge is 0.378 e. The van der Waals surface area contributed by atoms with Crippen LogP contribution in [0.1, 0.15) is 18.5 Å². The highest BCUT2D eigenvalue weighted by atomic mass is 79.9. The molecule has 0 fully saturated rings. The SMILES string of the molecule is CSc1ccccc1NC(C)c1ccc(Br)cc1. The lowest BCUT2D eigenvalue weighted by atomic mass is 10.1. The third-order valence-electron chi connectivity index (χ3n) is 2.85. The minimum Gasteiger partial charge on any atom is -0.378 e. The summed E-state index contributed by atoms with van der Waals surface area (Å²) in [6.07, 6.45) is 2.10. The third kappa shape index (κ3) is 3.30. The number of hydrogen-bond acceptors (Lipinski definition) is 2. The number of para-hydroxylation sites is 1. The molecule has 0 aromatic heterocycles. The van der Waals surface area contributed by atoms with Gasteiger partial charge in [-0.2, -0.15) is 0 Å². The molecule has 0 bridgehead atoms. The predicted octanol–water partition coefficient (Wildman–Crippen LogP) is 5.34. The zero-order chi connectivity index (χ0) is 13.0. The molecule has 0 spiro atoms. The van der Waals surface area contributed by atoms with Crippen LogP contribution in [0.15, 0.2) is 57.9 Å². The fourth-order valence-electron chi connectivity index (χ4n) is 1.83. The molecular weight excluding hydrogens is 306 g/mol. The van der Waals surface area contributed by atoms with Gasteiger partial charge < -0.3 is 5.32 Å².